The molecule has 1 heterocycles. The Morgan fingerprint density at radius 1 is 1.20 bits per heavy atom. The highest BCUT2D eigenvalue weighted by Crippen LogP contribution is 2.29. The number of aromatic nitrogens is 2. The molecule has 20 heavy (non-hydrogen) atoms. The molecule has 0 amide bonds. The van der Waals surface area contributed by atoms with E-state index in [1.807, 2.05) is 13.2 Å². The van der Waals surface area contributed by atoms with Crippen molar-refractivity contribution in [1.82, 2.24) is 9.97 Å². The molecule has 0 radical (unpaired) electrons. The van der Waals surface area contributed by atoms with Crippen molar-refractivity contribution in [3.8, 4) is 11.6 Å². The number of aryl methyl sites for hydroxylation is 1. The van der Waals surface area contributed by atoms with Gasteiger partial charge < -0.3 is 10.5 Å². The Hall–Kier alpha value is -1.75. The number of hydrogen-bond acceptors (Lipinski definition) is 5. The summed E-state index contributed by atoms with van der Waals surface area (Å²) in [4.78, 5) is 8.42. The molecule has 4 nitrogen and oxygen atoms in total. The van der Waals surface area contributed by atoms with Crippen LogP contribution in [0.1, 0.15) is 30.9 Å². The Morgan fingerprint density at radius 2 is 1.95 bits per heavy atom. The van der Waals surface area contributed by atoms with Gasteiger partial charge in [0.05, 0.1) is 0 Å². The van der Waals surface area contributed by atoms with Crippen LogP contribution in [-0.4, -0.2) is 16.2 Å². The minimum Gasteiger partial charge on any atom is -0.439 e. The fourth-order valence-corrected chi connectivity index (χ4v) is 2.14. The van der Waals surface area contributed by atoms with E-state index in [-0.39, 0.29) is 0 Å². The van der Waals surface area contributed by atoms with E-state index in [1.165, 1.54) is 17.3 Å². The molecular weight excluding hydrogens is 270 g/mol. The quantitative estimate of drug-likeness (QED) is 0.681. The van der Waals surface area contributed by atoms with Crippen LogP contribution in [0.3, 0.4) is 0 Å². The summed E-state index contributed by atoms with van der Waals surface area (Å²) >= 11 is 1.44. The fourth-order valence-electron chi connectivity index (χ4n) is 1.76. The highest BCUT2D eigenvalue weighted by atomic mass is 32.2. The third-order valence-electron chi connectivity index (χ3n) is 2.98. The summed E-state index contributed by atoms with van der Waals surface area (Å²) in [6, 6.07) is 7.87. The summed E-state index contributed by atoms with van der Waals surface area (Å²) in [6.45, 7) is 6.32. The van der Waals surface area contributed by atoms with Crippen molar-refractivity contribution in [3.05, 3.63) is 35.4 Å². The van der Waals surface area contributed by atoms with Crippen LogP contribution in [0.5, 0.6) is 11.6 Å². The van der Waals surface area contributed by atoms with Crippen LogP contribution < -0.4 is 10.5 Å². The number of thioether (sulfide) groups is 1. The zero-order chi connectivity index (χ0) is 14.7. The lowest BCUT2D eigenvalue weighted by molar-refractivity contribution is 0.452. The smallest absolute Gasteiger partial charge is 0.225 e. The van der Waals surface area contributed by atoms with Gasteiger partial charge in [-0.2, -0.15) is 4.98 Å². The molecule has 0 unspecified atom stereocenters. The molecule has 0 saturated carbocycles. The first-order valence-corrected chi connectivity index (χ1v) is 7.69. The van der Waals surface area contributed by atoms with Crippen LogP contribution in [0, 0.1) is 6.92 Å². The van der Waals surface area contributed by atoms with Gasteiger partial charge in [0.25, 0.3) is 0 Å². The summed E-state index contributed by atoms with van der Waals surface area (Å²) in [5.41, 5.74) is 8.06. The Kier molecular flexibility index (Phi) is 4.49. The SMILES string of the molecule is CSc1nc(N)cc(Oc2cc(C(C)C)ccc2C)n1. The summed E-state index contributed by atoms with van der Waals surface area (Å²) in [7, 11) is 0. The second-order valence-electron chi connectivity index (χ2n) is 4.90. The molecule has 0 saturated heterocycles. The maximum Gasteiger partial charge on any atom is 0.225 e. The van der Waals surface area contributed by atoms with Crippen molar-refractivity contribution >= 4 is 17.6 Å². The predicted octanol–water partition coefficient (Wildman–Crippen LogP) is 4.00. The molecule has 1 aromatic carbocycles. The summed E-state index contributed by atoms with van der Waals surface area (Å²) in [6.07, 6.45) is 1.91. The molecule has 5 heteroatoms. The zero-order valence-electron chi connectivity index (χ0n) is 12.2. The molecule has 2 rings (SSSR count). The Labute approximate surface area is 123 Å². The average molecular weight is 289 g/mol. The number of benzene rings is 1. The molecule has 0 bridgehead atoms. The topological polar surface area (TPSA) is 61.0 Å². The van der Waals surface area contributed by atoms with E-state index < -0.39 is 0 Å². The first-order chi connectivity index (χ1) is 9.49. The number of hydrogen-bond donors (Lipinski definition) is 1. The lowest BCUT2D eigenvalue weighted by Crippen LogP contribution is -1.98. The molecule has 2 N–H and O–H groups in total. The Balaban J connectivity index is 2.34. The van der Waals surface area contributed by atoms with Gasteiger partial charge >= 0.3 is 0 Å². The molecule has 2 aromatic rings. The number of anilines is 1. The van der Waals surface area contributed by atoms with E-state index in [9.17, 15) is 0 Å². The van der Waals surface area contributed by atoms with Crippen LogP contribution in [0.15, 0.2) is 29.4 Å². The molecule has 0 aliphatic rings. The van der Waals surface area contributed by atoms with Gasteiger partial charge in [0, 0.05) is 6.07 Å². The summed E-state index contributed by atoms with van der Waals surface area (Å²) < 4.78 is 5.88. The lowest BCUT2D eigenvalue weighted by Gasteiger charge is -2.12. The van der Waals surface area contributed by atoms with Crippen molar-refractivity contribution in [1.29, 1.82) is 0 Å². The molecule has 106 valence electrons. The molecule has 0 spiro atoms. The third-order valence-corrected chi connectivity index (χ3v) is 3.53. The van der Waals surface area contributed by atoms with Gasteiger partial charge in [-0.25, -0.2) is 4.98 Å². The van der Waals surface area contributed by atoms with Crippen molar-refractivity contribution in [2.75, 3.05) is 12.0 Å². The van der Waals surface area contributed by atoms with Gasteiger partial charge in [0.2, 0.25) is 5.88 Å². The highest BCUT2D eigenvalue weighted by Gasteiger charge is 2.08. The maximum atomic E-state index is 5.88. The average Bonchev–Trinajstić information content (AvgIpc) is 2.40. The van der Waals surface area contributed by atoms with Crippen molar-refractivity contribution in [2.45, 2.75) is 31.8 Å². The molecule has 0 fully saturated rings. The van der Waals surface area contributed by atoms with E-state index in [0.717, 1.165) is 11.3 Å². The molecular formula is C15H19N3OS. The first kappa shape index (κ1) is 14.7. The third kappa shape index (κ3) is 3.42. The molecule has 0 aliphatic heterocycles. The lowest BCUT2D eigenvalue weighted by atomic mass is 10.0. The number of ether oxygens (including phenoxy) is 1. The zero-order valence-corrected chi connectivity index (χ0v) is 13.0. The molecule has 0 aliphatic carbocycles. The number of rotatable bonds is 4. The molecule has 0 atom stereocenters. The van der Waals surface area contributed by atoms with Gasteiger partial charge in [-0.15, -0.1) is 0 Å². The maximum absolute atomic E-state index is 5.88. The minimum absolute atomic E-state index is 0.414. The van der Waals surface area contributed by atoms with Gasteiger partial charge in [0.1, 0.15) is 11.6 Å². The van der Waals surface area contributed by atoms with E-state index in [2.05, 4.69) is 42.0 Å². The van der Waals surface area contributed by atoms with Gasteiger partial charge in [-0.3, -0.25) is 0 Å². The normalized spacial score (nSPS) is 10.8. The van der Waals surface area contributed by atoms with Crippen LogP contribution >= 0.6 is 11.8 Å². The number of nitrogens with zero attached hydrogens (tertiary/aromatic N) is 2. The van der Waals surface area contributed by atoms with Crippen molar-refractivity contribution in [2.24, 2.45) is 0 Å². The standard InChI is InChI=1S/C15H19N3OS/c1-9(2)11-6-5-10(3)12(7-11)19-14-8-13(16)17-15(18-14)20-4/h5-9H,1-4H3,(H2,16,17,18). The van der Waals surface area contributed by atoms with E-state index in [1.54, 1.807) is 6.07 Å². The van der Waals surface area contributed by atoms with Crippen LogP contribution in [0.2, 0.25) is 0 Å². The van der Waals surface area contributed by atoms with Gasteiger partial charge in [-0.1, -0.05) is 37.7 Å². The second-order valence-corrected chi connectivity index (χ2v) is 5.67. The van der Waals surface area contributed by atoms with Crippen molar-refractivity contribution < 1.29 is 4.74 Å². The van der Waals surface area contributed by atoms with E-state index in [4.69, 9.17) is 10.5 Å². The van der Waals surface area contributed by atoms with Gasteiger partial charge in [0.15, 0.2) is 5.16 Å². The number of nitrogen functional groups attached to an aromatic ring is 1. The highest BCUT2D eigenvalue weighted by molar-refractivity contribution is 7.98. The van der Waals surface area contributed by atoms with Crippen molar-refractivity contribution in [3.63, 3.8) is 0 Å². The number of nitrogens with two attached hydrogens (primary N) is 1. The monoisotopic (exact) mass is 289 g/mol. The van der Waals surface area contributed by atoms with Gasteiger partial charge in [-0.05, 0) is 36.3 Å². The van der Waals surface area contributed by atoms with Crippen LogP contribution in [0.25, 0.3) is 0 Å². The summed E-state index contributed by atoms with van der Waals surface area (Å²) in [5.74, 6) is 2.15. The largest absolute Gasteiger partial charge is 0.439 e. The van der Waals surface area contributed by atoms with Crippen LogP contribution in [-0.2, 0) is 0 Å². The van der Waals surface area contributed by atoms with E-state index in [0.29, 0.717) is 22.8 Å². The van der Waals surface area contributed by atoms with E-state index >= 15 is 0 Å². The summed E-state index contributed by atoms with van der Waals surface area (Å²) in [5, 5.41) is 0.609. The van der Waals surface area contributed by atoms with Crippen LogP contribution in [0.4, 0.5) is 5.82 Å². The molecule has 1 aromatic heterocycles. The second kappa shape index (κ2) is 6.13. The Morgan fingerprint density at radius 3 is 2.60 bits per heavy atom. The predicted molar refractivity (Wildman–Crippen MR) is 83.6 cm³/mol. The first-order valence-electron chi connectivity index (χ1n) is 6.46. The fraction of sp³-hybridized carbons (Fsp3) is 0.333. The minimum atomic E-state index is 0.414. The Bertz CT molecular complexity index is 614.